The van der Waals surface area contributed by atoms with Crippen LogP contribution >= 0.6 is 0 Å². The first-order chi connectivity index (χ1) is 12.2. The van der Waals surface area contributed by atoms with E-state index in [2.05, 4.69) is 32.1 Å². The summed E-state index contributed by atoms with van der Waals surface area (Å²) in [5.41, 5.74) is 4.14. The molecular weight excluding hydrogens is 312 g/mol. The molecule has 25 heavy (non-hydrogen) atoms. The fraction of sp³-hybridized carbons (Fsp3) is 0.368. The van der Waals surface area contributed by atoms with Gasteiger partial charge in [0.2, 0.25) is 0 Å². The van der Waals surface area contributed by atoms with E-state index in [1.807, 2.05) is 35.7 Å². The maximum atomic E-state index is 8.92. The Balaban J connectivity index is 1.54. The number of hydrogen-bond donors (Lipinski definition) is 0. The summed E-state index contributed by atoms with van der Waals surface area (Å²) >= 11 is 0. The lowest BCUT2D eigenvalue weighted by atomic mass is 9.93. The predicted molar refractivity (Wildman–Crippen MR) is 93.9 cm³/mol. The summed E-state index contributed by atoms with van der Waals surface area (Å²) in [6, 6.07) is 12.2. The van der Waals surface area contributed by atoms with Crippen molar-refractivity contribution in [2.75, 3.05) is 13.1 Å². The minimum absolute atomic E-state index is 0.429. The minimum atomic E-state index is 0.429. The third-order valence-corrected chi connectivity index (χ3v) is 4.82. The van der Waals surface area contributed by atoms with Crippen LogP contribution in [0.4, 0.5) is 0 Å². The van der Waals surface area contributed by atoms with E-state index in [4.69, 9.17) is 5.26 Å². The molecule has 0 N–H and O–H groups in total. The van der Waals surface area contributed by atoms with Crippen molar-refractivity contribution in [1.29, 1.82) is 5.26 Å². The van der Waals surface area contributed by atoms with Crippen LogP contribution in [0, 0.1) is 18.3 Å². The number of nitrogens with zero attached hydrogens (tertiary/aromatic N) is 6. The van der Waals surface area contributed by atoms with Crippen LogP contribution in [0.5, 0.6) is 0 Å². The van der Waals surface area contributed by atoms with Crippen LogP contribution in [0.2, 0.25) is 0 Å². The van der Waals surface area contributed by atoms with E-state index in [0.29, 0.717) is 17.3 Å². The standard InChI is InChI=1S/C19H20N6/c1-14-9-18(25-19(23-14)21-13-22-25)17-3-2-8-24(12-17)11-16-6-4-15(10-20)5-7-16/h4-7,9,13,17H,2-3,8,11-12H2,1H3. The summed E-state index contributed by atoms with van der Waals surface area (Å²) < 4.78 is 1.88. The highest BCUT2D eigenvalue weighted by molar-refractivity contribution is 5.33. The van der Waals surface area contributed by atoms with E-state index in [9.17, 15) is 0 Å². The number of nitriles is 1. The second-order valence-corrected chi connectivity index (χ2v) is 6.68. The Kier molecular flexibility index (Phi) is 4.16. The van der Waals surface area contributed by atoms with Gasteiger partial charge in [-0.2, -0.15) is 15.3 Å². The monoisotopic (exact) mass is 332 g/mol. The first kappa shape index (κ1) is 15.7. The molecule has 1 atom stereocenters. The molecule has 0 radical (unpaired) electrons. The molecule has 1 aliphatic heterocycles. The van der Waals surface area contributed by atoms with Crippen molar-refractivity contribution in [3.8, 4) is 6.07 Å². The lowest BCUT2D eigenvalue weighted by molar-refractivity contribution is 0.197. The van der Waals surface area contributed by atoms with Crippen LogP contribution in [0.15, 0.2) is 36.7 Å². The van der Waals surface area contributed by atoms with Crippen LogP contribution < -0.4 is 0 Å². The van der Waals surface area contributed by atoms with Crippen molar-refractivity contribution >= 4 is 5.78 Å². The third kappa shape index (κ3) is 3.24. The van der Waals surface area contributed by atoms with Crippen LogP contribution in [-0.2, 0) is 6.54 Å². The van der Waals surface area contributed by atoms with Crippen molar-refractivity contribution in [1.82, 2.24) is 24.5 Å². The van der Waals surface area contributed by atoms with Gasteiger partial charge in [-0.05, 0) is 50.1 Å². The number of fused-ring (bicyclic) bond motifs is 1. The van der Waals surface area contributed by atoms with Gasteiger partial charge in [-0.15, -0.1) is 0 Å². The smallest absolute Gasteiger partial charge is 0.252 e. The van der Waals surface area contributed by atoms with Gasteiger partial charge in [-0.25, -0.2) is 9.50 Å². The highest BCUT2D eigenvalue weighted by Crippen LogP contribution is 2.28. The molecule has 126 valence electrons. The molecule has 1 unspecified atom stereocenters. The van der Waals surface area contributed by atoms with Crippen molar-refractivity contribution < 1.29 is 0 Å². The molecule has 6 nitrogen and oxygen atoms in total. The highest BCUT2D eigenvalue weighted by atomic mass is 15.3. The van der Waals surface area contributed by atoms with Crippen LogP contribution in [0.3, 0.4) is 0 Å². The molecular formula is C19H20N6. The van der Waals surface area contributed by atoms with Gasteiger partial charge in [0.05, 0.1) is 17.3 Å². The molecule has 0 bridgehead atoms. The summed E-state index contributed by atoms with van der Waals surface area (Å²) in [7, 11) is 0. The summed E-state index contributed by atoms with van der Waals surface area (Å²) in [6.45, 7) is 5.02. The Morgan fingerprint density at radius 1 is 1.28 bits per heavy atom. The first-order valence-electron chi connectivity index (χ1n) is 8.61. The van der Waals surface area contributed by atoms with Crippen molar-refractivity contribution in [2.24, 2.45) is 0 Å². The molecule has 0 aliphatic carbocycles. The maximum Gasteiger partial charge on any atom is 0.252 e. The topological polar surface area (TPSA) is 70.1 Å². The van der Waals surface area contributed by atoms with Crippen LogP contribution in [0.1, 0.15) is 41.3 Å². The van der Waals surface area contributed by atoms with Gasteiger partial charge >= 0.3 is 0 Å². The predicted octanol–water partition coefficient (Wildman–Crippen LogP) is 2.68. The lowest BCUT2D eigenvalue weighted by Crippen LogP contribution is -2.34. The van der Waals surface area contributed by atoms with Gasteiger partial charge in [0.25, 0.3) is 5.78 Å². The van der Waals surface area contributed by atoms with Crippen molar-refractivity contribution in [3.05, 3.63) is 59.2 Å². The number of rotatable bonds is 3. The number of aromatic nitrogens is 4. The molecule has 0 saturated carbocycles. The number of hydrogen-bond acceptors (Lipinski definition) is 5. The Morgan fingerprint density at radius 3 is 2.92 bits per heavy atom. The SMILES string of the molecule is Cc1cc(C2CCCN(Cc3ccc(C#N)cc3)C2)n2ncnc2n1. The minimum Gasteiger partial charge on any atom is -0.298 e. The quantitative estimate of drug-likeness (QED) is 0.737. The number of aryl methyl sites for hydroxylation is 1. The van der Waals surface area contributed by atoms with Gasteiger partial charge in [-0.3, -0.25) is 4.90 Å². The second-order valence-electron chi connectivity index (χ2n) is 6.68. The summed E-state index contributed by atoms with van der Waals surface area (Å²) in [4.78, 5) is 11.2. The Bertz CT molecular complexity index is 921. The summed E-state index contributed by atoms with van der Waals surface area (Å²) in [6.07, 6.45) is 3.89. The zero-order valence-electron chi connectivity index (χ0n) is 14.3. The Labute approximate surface area is 146 Å². The summed E-state index contributed by atoms with van der Waals surface area (Å²) in [5, 5.41) is 13.3. The van der Waals surface area contributed by atoms with Gasteiger partial charge in [0.1, 0.15) is 6.33 Å². The van der Waals surface area contributed by atoms with E-state index in [0.717, 1.165) is 31.7 Å². The molecule has 3 aromatic rings. The van der Waals surface area contributed by atoms with Gasteiger partial charge in [0.15, 0.2) is 0 Å². The molecule has 1 fully saturated rings. The van der Waals surface area contributed by atoms with E-state index >= 15 is 0 Å². The van der Waals surface area contributed by atoms with E-state index in [-0.39, 0.29) is 0 Å². The molecule has 4 rings (SSSR count). The Hall–Kier alpha value is -2.78. The molecule has 1 saturated heterocycles. The largest absolute Gasteiger partial charge is 0.298 e. The summed E-state index contributed by atoms with van der Waals surface area (Å²) in [5.74, 6) is 1.11. The fourth-order valence-corrected chi connectivity index (χ4v) is 3.63. The van der Waals surface area contributed by atoms with Crippen LogP contribution in [0.25, 0.3) is 5.78 Å². The average Bonchev–Trinajstić information content (AvgIpc) is 3.10. The fourth-order valence-electron chi connectivity index (χ4n) is 3.63. The molecule has 3 heterocycles. The highest BCUT2D eigenvalue weighted by Gasteiger charge is 2.24. The van der Waals surface area contributed by atoms with E-state index < -0.39 is 0 Å². The molecule has 1 aromatic carbocycles. The van der Waals surface area contributed by atoms with Crippen molar-refractivity contribution in [3.63, 3.8) is 0 Å². The number of benzene rings is 1. The molecule has 0 spiro atoms. The van der Waals surface area contributed by atoms with Crippen molar-refractivity contribution in [2.45, 2.75) is 32.2 Å². The van der Waals surface area contributed by atoms with Gasteiger partial charge in [-0.1, -0.05) is 12.1 Å². The maximum absolute atomic E-state index is 8.92. The average molecular weight is 332 g/mol. The van der Waals surface area contributed by atoms with Gasteiger partial charge in [0, 0.05) is 24.7 Å². The zero-order valence-corrected chi connectivity index (χ0v) is 14.3. The van der Waals surface area contributed by atoms with E-state index in [1.165, 1.54) is 17.7 Å². The first-order valence-corrected chi connectivity index (χ1v) is 8.61. The molecule has 0 amide bonds. The lowest BCUT2D eigenvalue weighted by Gasteiger charge is -2.33. The van der Waals surface area contributed by atoms with E-state index in [1.54, 1.807) is 6.33 Å². The second kappa shape index (κ2) is 6.61. The number of piperidine rings is 1. The normalized spacial score (nSPS) is 18.3. The molecule has 6 heteroatoms. The van der Waals surface area contributed by atoms with Crippen LogP contribution in [-0.4, -0.2) is 37.6 Å². The molecule has 2 aromatic heterocycles. The van der Waals surface area contributed by atoms with Gasteiger partial charge < -0.3 is 0 Å². The third-order valence-electron chi connectivity index (χ3n) is 4.82. The Morgan fingerprint density at radius 2 is 2.12 bits per heavy atom. The number of likely N-dealkylation sites (tertiary alicyclic amines) is 1. The zero-order chi connectivity index (χ0) is 17.2. The molecule has 1 aliphatic rings.